The molecule has 0 aromatic heterocycles. The zero-order valence-corrected chi connectivity index (χ0v) is 10.5. The van der Waals surface area contributed by atoms with Gasteiger partial charge in [-0.25, -0.2) is 0 Å². The fraction of sp³-hybridized carbons (Fsp3) is 0.500. The lowest BCUT2D eigenvalue weighted by Gasteiger charge is -2.10. The van der Waals surface area contributed by atoms with Crippen molar-refractivity contribution in [3.8, 4) is 0 Å². The van der Waals surface area contributed by atoms with Crippen LogP contribution in [0.4, 0.5) is 0 Å². The third kappa shape index (κ3) is 6.12. The highest BCUT2D eigenvalue weighted by Gasteiger charge is 2.05. The number of quaternary nitrogens is 1. The summed E-state index contributed by atoms with van der Waals surface area (Å²) in [5.74, 6) is 0.680. The van der Waals surface area contributed by atoms with Crippen molar-refractivity contribution in [3.63, 3.8) is 0 Å². The van der Waals surface area contributed by atoms with Gasteiger partial charge in [0.15, 0.2) is 0 Å². The van der Waals surface area contributed by atoms with Gasteiger partial charge < -0.3 is 15.2 Å². The van der Waals surface area contributed by atoms with Crippen LogP contribution in [0.15, 0.2) is 35.2 Å². The molecule has 0 fully saturated rings. The zero-order chi connectivity index (χ0) is 11.6. The van der Waals surface area contributed by atoms with Crippen molar-refractivity contribution in [2.24, 2.45) is 0 Å². The Morgan fingerprint density at radius 3 is 2.81 bits per heavy atom. The van der Waals surface area contributed by atoms with Crippen molar-refractivity contribution in [3.05, 3.63) is 30.3 Å². The molecule has 0 radical (unpaired) electrons. The van der Waals surface area contributed by atoms with E-state index < -0.39 is 0 Å². The summed E-state index contributed by atoms with van der Waals surface area (Å²) >= 11 is 1.65. The second-order valence-electron chi connectivity index (χ2n) is 3.55. The van der Waals surface area contributed by atoms with E-state index >= 15 is 0 Å². The molecule has 3 nitrogen and oxygen atoms in total. The fourth-order valence-corrected chi connectivity index (χ4v) is 2.01. The third-order valence-electron chi connectivity index (χ3n) is 2.05. The summed E-state index contributed by atoms with van der Waals surface area (Å²) < 4.78 is 5.33. The number of aliphatic hydroxyl groups is 1. The van der Waals surface area contributed by atoms with Crippen molar-refractivity contribution in [2.75, 3.05) is 32.6 Å². The molecule has 1 aromatic rings. The molecule has 90 valence electrons. The SMILES string of the molecule is C[NH2+]CCOC[C@H](O)CSc1ccccc1. The number of rotatable bonds is 8. The summed E-state index contributed by atoms with van der Waals surface area (Å²) in [6.07, 6.45) is -0.387. The molecule has 1 atom stereocenters. The largest absolute Gasteiger partial charge is 0.390 e. The Balaban J connectivity index is 2.08. The minimum Gasteiger partial charge on any atom is -0.390 e. The quantitative estimate of drug-likeness (QED) is 0.511. The van der Waals surface area contributed by atoms with Crippen LogP contribution in [-0.4, -0.2) is 43.8 Å². The molecule has 0 heterocycles. The van der Waals surface area contributed by atoms with Crippen LogP contribution in [0.2, 0.25) is 0 Å². The maximum absolute atomic E-state index is 9.65. The number of ether oxygens (including phenoxy) is 1. The average Bonchev–Trinajstić information content (AvgIpc) is 2.33. The predicted octanol–water partition coefficient (Wildman–Crippen LogP) is 0.349. The average molecular weight is 242 g/mol. The first-order valence-corrected chi connectivity index (χ1v) is 6.53. The lowest BCUT2D eigenvalue weighted by Crippen LogP contribution is -2.80. The van der Waals surface area contributed by atoms with Crippen LogP contribution < -0.4 is 5.32 Å². The Bertz CT molecular complexity index is 269. The van der Waals surface area contributed by atoms with E-state index in [0.29, 0.717) is 19.0 Å². The molecule has 1 rings (SSSR count). The monoisotopic (exact) mass is 242 g/mol. The summed E-state index contributed by atoms with van der Waals surface area (Å²) in [5.41, 5.74) is 0. The van der Waals surface area contributed by atoms with Gasteiger partial charge in [0.1, 0.15) is 0 Å². The number of hydrogen-bond donors (Lipinski definition) is 2. The van der Waals surface area contributed by atoms with Gasteiger partial charge in [-0.3, -0.25) is 0 Å². The van der Waals surface area contributed by atoms with Gasteiger partial charge in [-0.1, -0.05) is 18.2 Å². The van der Waals surface area contributed by atoms with E-state index in [1.165, 1.54) is 4.90 Å². The van der Waals surface area contributed by atoms with Crippen LogP contribution >= 0.6 is 11.8 Å². The summed E-state index contributed by atoms with van der Waals surface area (Å²) in [5, 5.41) is 11.7. The van der Waals surface area contributed by atoms with Crippen molar-refractivity contribution in [2.45, 2.75) is 11.0 Å². The lowest BCUT2D eigenvalue weighted by atomic mass is 10.4. The Hall–Kier alpha value is -0.550. The smallest absolute Gasteiger partial charge is 0.0991 e. The first-order chi connectivity index (χ1) is 7.83. The molecular weight excluding hydrogens is 222 g/mol. The fourth-order valence-electron chi connectivity index (χ4n) is 1.18. The van der Waals surface area contributed by atoms with Crippen LogP contribution in [0.5, 0.6) is 0 Å². The molecule has 3 N–H and O–H groups in total. The van der Waals surface area contributed by atoms with Crippen LogP contribution in [0.1, 0.15) is 0 Å². The molecule has 0 aliphatic heterocycles. The van der Waals surface area contributed by atoms with Crippen molar-refractivity contribution in [1.29, 1.82) is 0 Å². The Labute approximate surface area is 101 Å². The lowest BCUT2D eigenvalue weighted by molar-refractivity contribution is -0.628. The highest BCUT2D eigenvalue weighted by Crippen LogP contribution is 2.17. The van der Waals surface area contributed by atoms with Gasteiger partial charge in [0, 0.05) is 10.6 Å². The highest BCUT2D eigenvalue weighted by molar-refractivity contribution is 7.99. The summed E-state index contributed by atoms with van der Waals surface area (Å²) in [6.45, 7) is 2.07. The molecule has 0 amide bonds. The Morgan fingerprint density at radius 2 is 2.12 bits per heavy atom. The molecule has 0 aliphatic carbocycles. The van der Waals surface area contributed by atoms with Crippen LogP contribution in [0.3, 0.4) is 0 Å². The number of thioether (sulfide) groups is 1. The van der Waals surface area contributed by atoms with Gasteiger partial charge in [0.05, 0.1) is 32.9 Å². The first kappa shape index (κ1) is 13.5. The van der Waals surface area contributed by atoms with E-state index in [2.05, 4.69) is 5.32 Å². The molecule has 0 aliphatic rings. The molecule has 0 bridgehead atoms. The van der Waals surface area contributed by atoms with Gasteiger partial charge in [0.2, 0.25) is 0 Å². The molecule has 0 unspecified atom stereocenters. The van der Waals surface area contributed by atoms with Crippen molar-refractivity contribution < 1.29 is 15.2 Å². The topological polar surface area (TPSA) is 46.1 Å². The summed E-state index contributed by atoms with van der Waals surface area (Å²) in [7, 11) is 2.01. The first-order valence-electron chi connectivity index (χ1n) is 5.54. The Kier molecular flexibility index (Phi) is 7.25. The number of benzene rings is 1. The van der Waals surface area contributed by atoms with Gasteiger partial charge in [0.25, 0.3) is 0 Å². The second kappa shape index (κ2) is 8.58. The van der Waals surface area contributed by atoms with Gasteiger partial charge in [-0.15, -0.1) is 11.8 Å². The number of aliphatic hydroxyl groups excluding tert-OH is 1. The standard InChI is InChI=1S/C12H19NO2S/c1-13-7-8-15-9-11(14)10-16-12-5-3-2-4-6-12/h2-6,11,13-14H,7-10H2,1H3/p+1/t11-/m0/s1. The minimum absolute atomic E-state index is 0.387. The molecular formula is C12H20NO2S+. The molecule has 16 heavy (non-hydrogen) atoms. The maximum atomic E-state index is 9.65. The maximum Gasteiger partial charge on any atom is 0.0991 e. The van der Waals surface area contributed by atoms with Gasteiger partial charge >= 0.3 is 0 Å². The van der Waals surface area contributed by atoms with E-state index in [-0.39, 0.29) is 6.10 Å². The van der Waals surface area contributed by atoms with Gasteiger partial charge in [-0.2, -0.15) is 0 Å². The van der Waals surface area contributed by atoms with Crippen LogP contribution in [0, 0.1) is 0 Å². The van der Waals surface area contributed by atoms with Crippen molar-refractivity contribution in [1.82, 2.24) is 0 Å². The van der Waals surface area contributed by atoms with E-state index in [4.69, 9.17) is 4.74 Å². The zero-order valence-electron chi connectivity index (χ0n) is 9.63. The highest BCUT2D eigenvalue weighted by atomic mass is 32.2. The van der Waals surface area contributed by atoms with E-state index in [0.717, 1.165) is 6.54 Å². The molecule has 4 heteroatoms. The number of hydrogen-bond acceptors (Lipinski definition) is 3. The molecule has 1 aromatic carbocycles. The Morgan fingerprint density at radius 1 is 1.38 bits per heavy atom. The summed E-state index contributed by atoms with van der Waals surface area (Å²) in [6, 6.07) is 10.1. The summed E-state index contributed by atoms with van der Waals surface area (Å²) in [4.78, 5) is 1.18. The van der Waals surface area contributed by atoms with E-state index in [1.807, 2.05) is 37.4 Å². The van der Waals surface area contributed by atoms with Crippen LogP contribution in [0.25, 0.3) is 0 Å². The third-order valence-corrected chi connectivity index (χ3v) is 3.20. The molecule has 0 saturated carbocycles. The van der Waals surface area contributed by atoms with Crippen molar-refractivity contribution >= 4 is 11.8 Å². The molecule has 0 saturated heterocycles. The van der Waals surface area contributed by atoms with E-state index in [1.54, 1.807) is 11.8 Å². The predicted molar refractivity (Wildman–Crippen MR) is 66.7 cm³/mol. The minimum atomic E-state index is -0.387. The van der Waals surface area contributed by atoms with E-state index in [9.17, 15) is 5.11 Å². The molecule has 0 spiro atoms. The van der Waals surface area contributed by atoms with Crippen LogP contribution in [-0.2, 0) is 4.74 Å². The normalized spacial score (nSPS) is 12.6. The van der Waals surface area contributed by atoms with Gasteiger partial charge in [-0.05, 0) is 12.1 Å². The second-order valence-corrected chi connectivity index (χ2v) is 4.64. The number of likely N-dealkylation sites (N-methyl/N-ethyl adjacent to an activating group) is 1. The number of nitrogens with two attached hydrogens (primary N) is 1.